The van der Waals surface area contributed by atoms with Crippen LogP contribution in [0, 0.1) is 17.8 Å². The highest BCUT2D eigenvalue weighted by atomic mass is 35.5. The zero-order valence-corrected chi connectivity index (χ0v) is 10.9. The molecule has 0 aliphatic rings. The fraction of sp³-hybridized carbons (Fsp3) is 0.571. The summed E-state index contributed by atoms with van der Waals surface area (Å²) in [5, 5.41) is 0.906. The van der Waals surface area contributed by atoms with E-state index < -0.39 is 0 Å². The summed E-state index contributed by atoms with van der Waals surface area (Å²) < 4.78 is 0. The third-order valence-corrected chi connectivity index (χ3v) is 3.49. The predicted molar refractivity (Wildman–Crippen MR) is 68.3 cm³/mol. The van der Waals surface area contributed by atoms with Gasteiger partial charge in [0.25, 0.3) is 0 Å². The van der Waals surface area contributed by atoms with E-state index in [4.69, 9.17) is 11.6 Å². The Labute approximate surface area is 98.7 Å². The van der Waals surface area contributed by atoms with Gasteiger partial charge in [-0.3, -0.25) is 0 Å². The van der Waals surface area contributed by atoms with Crippen LogP contribution in [0.5, 0.6) is 0 Å². The third-order valence-electron chi connectivity index (χ3n) is 3.13. The van der Waals surface area contributed by atoms with E-state index in [9.17, 15) is 0 Å². The second kappa shape index (κ2) is 5.55. The molecule has 0 nitrogen and oxygen atoms in total. The largest absolute Gasteiger partial charge is 0.0840 e. The van der Waals surface area contributed by atoms with Gasteiger partial charge in [-0.05, 0) is 35.8 Å². The summed E-state index contributed by atoms with van der Waals surface area (Å²) in [5.74, 6) is 2.13. The van der Waals surface area contributed by atoms with E-state index in [1.807, 2.05) is 12.1 Å². The molecule has 0 saturated heterocycles. The highest BCUT2D eigenvalue weighted by Crippen LogP contribution is 2.27. The monoisotopic (exact) mass is 224 g/mol. The lowest BCUT2D eigenvalue weighted by Crippen LogP contribution is -2.18. The van der Waals surface area contributed by atoms with Crippen molar-refractivity contribution in [3.05, 3.63) is 34.9 Å². The van der Waals surface area contributed by atoms with Gasteiger partial charge in [0.05, 0.1) is 0 Å². The molecule has 0 N–H and O–H groups in total. The van der Waals surface area contributed by atoms with Gasteiger partial charge in [0, 0.05) is 5.02 Å². The van der Waals surface area contributed by atoms with E-state index in [0.717, 1.165) is 11.4 Å². The minimum Gasteiger partial charge on any atom is -0.0840 e. The Balaban J connectivity index is 2.79. The third kappa shape index (κ3) is 3.53. The van der Waals surface area contributed by atoms with Crippen molar-refractivity contribution in [3.8, 4) is 0 Å². The van der Waals surface area contributed by atoms with Crippen LogP contribution < -0.4 is 0 Å². The Kier molecular flexibility index (Phi) is 4.66. The molecule has 1 aromatic rings. The summed E-state index contributed by atoms with van der Waals surface area (Å²) in [6, 6.07) is 8.18. The van der Waals surface area contributed by atoms with Crippen molar-refractivity contribution in [2.24, 2.45) is 17.8 Å². The fourth-order valence-electron chi connectivity index (χ4n) is 2.16. The van der Waals surface area contributed by atoms with Crippen LogP contribution in [0.3, 0.4) is 0 Å². The van der Waals surface area contributed by atoms with Gasteiger partial charge in [-0.15, -0.1) is 0 Å². The molecular formula is C14H21Cl. The van der Waals surface area contributed by atoms with Crippen LogP contribution >= 0.6 is 11.6 Å². The molecule has 0 unspecified atom stereocenters. The van der Waals surface area contributed by atoms with Gasteiger partial charge in [0.1, 0.15) is 0 Å². The SMILES string of the molecule is CC(C)C(Cc1ccccc1Cl)C(C)C. The summed E-state index contributed by atoms with van der Waals surface area (Å²) in [7, 11) is 0. The average Bonchev–Trinajstić information content (AvgIpc) is 2.15. The smallest absolute Gasteiger partial charge is 0.0438 e. The zero-order chi connectivity index (χ0) is 11.4. The topological polar surface area (TPSA) is 0 Å². The molecule has 0 radical (unpaired) electrons. The van der Waals surface area contributed by atoms with Crippen molar-refractivity contribution in [1.29, 1.82) is 0 Å². The molecule has 0 atom stereocenters. The van der Waals surface area contributed by atoms with E-state index in [0.29, 0.717) is 17.8 Å². The molecular weight excluding hydrogens is 204 g/mol. The molecule has 1 aromatic carbocycles. The van der Waals surface area contributed by atoms with Crippen LogP contribution in [-0.2, 0) is 6.42 Å². The van der Waals surface area contributed by atoms with Gasteiger partial charge >= 0.3 is 0 Å². The Morgan fingerprint density at radius 2 is 1.53 bits per heavy atom. The van der Waals surface area contributed by atoms with Crippen LogP contribution in [0.2, 0.25) is 5.02 Å². The van der Waals surface area contributed by atoms with Gasteiger partial charge < -0.3 is 0 Å². The summed E-state index contributed by atoms with van der Waals surface area (Å²) in [5.41, 5.74) is 1.28. The number of hydrogen-bond acceptors (Lipinski definition) is 0. The summed E-state index contributed by atoms with van der Waals surface area (Å²) in [6.07, 6.45) is 1.09. The molecule has 0 spiro atoms. The quantitative estimate of drug-likeness (QED) is 0.689. The van der Waals surface area contributed by atoms with E-state index >= 15 is 0 Å². The van der Waals surface area contributed by atoms with Gasteiger partial charge in [0.2, 0.25) is 0 Å². The van der Waals surface area contributed by atoms with Gasteiger partial charge in [-0.1, -0.05) is 57.5 Å². The first-order valence-electron chi connectivity index (χ1n) is 5.75. The Bertz CT molecular complexity index is 294. The predicted octanol–water partition coefficient (Wildman–Crippen LogP) is 4.81. The molecule has 0 amide bonds. The van der Waals surface area contributed by atoms with E-state index in [2.05, 4.69) is 39.8 Å². The second-order valence-corrected chi connectivity index (χ2v) is 5.35. The molecule has 0 saturated carbocycles. The molecule has 0 fully saturated rings. The molecule has 1 rings (SSSR count). The minimum absolute atomic E-state index is 0.710. The molecule has 0 aromatic heterocycles. The maximum atomic E-state index is 6.18. The normalized spacial score (nSPS) is 11.7. The van der Waals surface area contributed by atoms with Crippen LogP contribution in [0.25, 0.3) is 0 Å². The molecule has 0 heterocycles. The van der Waals surface area contributed by atoms with Crippen molar-refractivity contribution in [3.63, 3.8) is 0 Å². The van der Waals surface area contributed by atoms with E-state index in [1.165, 1.54) is 5.56 Å². The Hall–Kier alpha value is -0.490. The van der Waals surface area contributed by atoms with Crippen LogP contribution in [0.15, 0.2) is 24.3 Å². The lowest BCUT2D eigenvalue weighted by molar-refractivity contribution is 0.286. The molecule has 1 heteroatoms. The average molecular weight is 225 g/mol. The van der Waals surface area contributed by atoms with Crippen molar-refractivity contribution < 1.29 is 0 Å². The molecule has 15 heavy (non-hydrogen) atoms. The van der Waals surface area contributed by atoms with E-state index in [1.54, 1.807) is 0 Å². The highest BCUT2D eigenvalue weighted by molar-refractivity contribution is 6.31. The van der Waals surface area contributed by atoms with E-state index in [-0.39, 0.29) is 0 Å². The first-order valence-corrected chi connectivity index (χ1v) is 6.13. The van der Waals surface area contributed by atoms with Crippen molar-refractivity contribution in [1.82, 2.24) is 0 Å². The summed E-state index contributed by atoms with van der Waals surface area (Å²) in [4.78, 5) is 0. The maximum absolute atomic E-state index is 6.18. The first-order chi connectivity index (χ1) is 7.02. The van der Waals surface area contributed by atoms with Crippen LogP contribution in [-0.4, -0.2) is 0 Å². The molecule has 0 bridgehead atoms. The van der Waals surface area contributed by atoms with Crippen molar-refractivity contribution in [2.75, 3.05) is 0 Å². The lowest BCUT2D eigenvalue weighted by Gasteiger charge is -2.25. The molecule has 84 valence electrons. The van der Waals surface area contributed by atoms with Crippen molar-refractivity contribution >= 4 is 11.6 Å². The maximum Gasteiger partial charge on any atom is 0.0438 e. The highest BCUT2D eigenvalue weighted by Gasteiger charge is 2.18. The minimum atomic E-state index is 0.710. The number of halogens is 1. The Morgan fingerprint density at radius 1 is 1.00 bits per heavy atom. The van der Waals surface area contributed by atoms with Crippen molar-refractivity contribution in [2.45, 2.75) is 34.1 Å². The molecule has 0 aliphatic carbocycles. The first kappa shape index (κ1) is 12.6. The zero-order valence-electron chi connectivity index (χ0n) is 10.1. The van der Waals surface area contributed by atoms with Gasteiger partial charge in [0.15, 0.2) is 0 Å². The van der Waals surface area contributed by atoms with Gasteiger partial charge in [-0.2, -0.15) is 0 Å². The molecule has 0 aliphatic heterocycles. The summed E-state index contributed by atoms with van der Waals surface area (Å²) in [6.45, 7) is 9.17. The van der Waals surface area contributed by atoms with Gasteiger partial charge in [-0.25, -0.2) is 0 Å². The number of benzene rings is 1. The van der Waals surface area contributed by atoms with Crippen LogP contribution in [0.4, 0.5) is 0 Å². The Morgan fingerprint density at radius 3 is 2.00 bits per heavy atom. The lowest BCUT2D eigenvalue weighted by atomic mass is 9.81. The second-order valence-electron chi connectivity index (χ2n) is 4.95. The number of hydrogen-bond donors (Lipinski definition) is 0. The van der Waals surface area contributed by atoms with Crippen LogP contribution in [0.1, 0.15) is 33.3 Å². The standard InChI is InChI=1S/C14H21Cl/c1-10(2)13(11(3)4)9-12-7-5-6-8-14(12)15/h5-8,10-11,13H,9H2,1-4H3. The summed E-state index contributed by atoms with van der Waals surface area (Å²) >= 11 is 6.18. The number of rotatable bonds is 4. The fourth-order valence-corrected chi connectivity index (χ4v) is 2.37.